The second-order valence-electron chi connectivity index (χ2n) is 5.88. The van der Waals surface area contributed by atoms with Crippen LogP contribution in [0.25, 0.3) is 33.5 Å². The van der Waals surface area contributed by atoms with Crippen LogP contribution in [-0.2, 0) is 7.05 Å². The number of aryl methyl sites for hydroxylation is 1. The standard InChI is InChI=1S/C19H15ClFN5O/c1-3-27-13-8-15-18(22-9-13)17(24-19(20)23-15)14-10-26(2)25-16(14)11-4-6-12(21)7-5-11/h4-10H,3H2,1-2H3. The zero-order valence-corrected chi connectivity index (χ0v) is 15.4. The molecular weight excluding hydrogens is 369 g/mol. The van der Waals surface area contributed by atoms with Crippen molar-refractivity contribution < 1.29 is 9.13 Å². The third-order valence-corrected chi connectivity index (χ3v) is 4.17. The maximum Gasteiger partial charge on any atom is 0.223 e. The molecule has 6 nitrogen and oxygen atoms in total. The van der Waals surface area contributed by atoms with Gasteiger partial charge in [-0.15, -0.1) is 0 Å². The Hall–Kier alpha value is -3.06. The minimum Gasteiger partial charge on any atom is -0.492 e. The molecule has 0 N–H and O–H groups in total. The first kappa shape index (κ1) is 17.4. The fourth-order valence-electron chi connectivity index (χ4n) is 2.89. The van der Waals surface area contributed by atoms with Crippen molar-refractivity contribution in [3.63, 3.8) is 0 Å². The Bertz CT molecular complexity index is 1130. The molecule has 0 atom stereocenters. The van der Waals surface area contributed by atoms with Gasteiger partial charge in [0.15, 0.2) is 0 Å². The van der Waals surface area contributed by atoms with Gasteiger partial charge in [0.25, 0.3) is 0 Å². The first-order valence-electron chi connectivity index (χ1n) is 8.31. The summed E-state index contributed by atoms with van der Waals surface area (Å²) < 4.78 is 20.5. The summed E-state index contributed by atoms with van der Waals surface area (Å²) >= 11 is 6.16. The van der Waals surface area contributed by atoms with Crippen molar-refractivity contribution in [2.24, 2.45) is 7.05 Å². The number of pyridine rings is 1. The monoisotopic (exact) mass is 383 g/mol. The average molecular weight is 384 g/mol. The molecule has 0 saturated carbocycles. The Balaban J connectivity index is 1.93. The fraction of sp³-hybridized carbons (Fsp3) is 0.158. The lowest BCUT2D eigenvalue weighted by Gasteiger charge is -2.08. The molecule has 0 aliphatic rings. The van der Waals surface area contributed by atoms with Crippen molar-refractivity contribution in [2.45, 2.75) is 6.92 Å². The largest absolute Gasteiger partial charge is 0.492 e. The Labute approximate surface area is 159 Å². The van der Waals surface area contributed by atoms with Gasteiger partial charge < -0.3 is 4.74 Å². The molecule has 136 valence electrons. The van der Waals surface area contributed by atoms with E-state index < -0.39 is 0 Å². The molecule has 1 aromatic carbocycles. The summed E-state index contributed by atoms with van der Waals surface area (Å²) in [5.41, 5.74) is 3.87. The van der Waals surface area contributed by atoms with E-state index in [-0.39, 0.29) is 11.1 Å². The van der Waals surface area contributed by atoms with Crippen LogP contribution in [0.2, 0.25) is 5.28 Å². The van der Waals surface area contributed by atoms with Gasteiger partial charge in [-0.25, -0.2) is 19.3 Å². The highest BCUT2D eigenvalue weighted by Gasteiger charge is 2.19. The van der Waals surface area contributed by atoms with Crippen LogP contribution in [0.1, 0.15) is 6.92 Å². The maximum atomic E-state index is 13.3. The summed E-state index contributed by atoms with van der Waals surface area (Å²) in [7, 11) is 1.81. The van der Waals surface area contributed by atoms with Gasteiger partial charge in [0, 0.05) is 30.4 Å². The van der Waals surface area contributed by atoms with Gasteiger partial charge >= 0.3 is 0 Å². The predicted molar refractivity (Wildman–Crippen MR) is 101 cm³/mol. The van der Waals surface area contributed by atoms with Gasteiger partial charge in [0.1, 0.15) is 28.5 Å². The molecule has 8 heteroatoms. The normalized spacial score (nSPS) is 11.1. The van der Waals surface area contributed by atoms with E-state index >= 15 is 0 Å². The van der Waals surface area contributed by atoms with Crippen LogP contribution in [0.5, 0.6) is 5.75 Å². The van der Waals surface area contributed by atoms with Gasteiger partial charge in [-0.2, -0.15) is 5.10 Å². The van der Waals surface area contributed by atoms with Crippen molar-refractivity contribution in [3.05, 3.63) is 53.8 Å². The first-order valence-corrected chi connectivity index (χ1v) is 8.69. The third kappa shape index (κ3) is 3.33. The first-order chi connectivity index (χ1) is 13.0. The molecule has 4 rings (SSSR count). The van der Waals surface area contributed by atoms with Crippen LogP contribution >= 0.6 is 11.6 Å². The van der Waals surface area contributed by atoms with E-state index in [0.29, 0.717) is 34.8 Å². The smallest absolute Gasteiger partial charge is 0.223 e. The molecule has 0 amide bonds. The van der Waals surface area contributed by atoms with E-state index in [4.69, 9.17) is 16.3 Å². The highest BCUT2D eigenvalue weighted by Crippen LogP contribution is 2.34. The molecule has 0 fully saturated rings. The number of aromatic nitrogens is 5. The van der Waals surface area contributed by atoms with Gasteiger partial charge in [-0.1, -0.05) is 0 Å². The summed E-state index contributed by atoms with van der Waals surface area (Å²) in [5.74, 6) is 0.299. The molecule has 0 radical (unpaired) electrons. The average Bonchev–Trinajstić information content (AvgIpc) is 3.03. The summed E-state index contributed by atoms with van der Waals surface area (Å²) in [6, 6.07) is 7.91. The molecule has 27 heavy (non-hydrogen) atoms. The fourth-order valence-corrected chi connectivity index (χ4v) is 3.06. The molecule has 0 aliphatic carbocycles. The Morgan fingerprint density at radius 3 is 2.67 bits per heavy atom. The number of hydrogen-bond acceptors (Lipinski definition) is 5. The zero-order valence-electron chi connectivity index (χ0n) is 14.6. The summed E-state index contributed by atoms with van der Waals surface area (Å²) in [4.78, 5) is 13.1. The molecule has 3 aromatic heterocycles. The van der Waals surface area contributed by atoms with E-state index in [1.165, 1.54) is 12.1 Å². The quantitative estimate of drug-likeness (QED) is 0.492. The van der Waals surface area contributed by atoms with E-state index in [1.807, 2.05) is 20.2 Å². The maximum absolute atomic E-state index is 13.3. The molecular formula is C19H15ClFN5O. The van der Waals surface area contributed by atoms with Gasteiger partial charge in [-0.05, 0) is 42.8 Å². The van der Waals surface area contributed by atoms with E-state index in [1.54, 1.807) is 29.1 Å². The lowest BCUT2D eigenvalue weighted by Crippen LogP contribution is -1.97. The van der Waals surface area contributed by atoms with Crippen LogP contribution in [0.3, 0.4) is 0 Å². The van der Waals surface area contributed by atoms with Crippen LogP contribution in [0, 0.1) is 5.82 Å². The second kappa shape index (κ2) is 6.92. The number of hydrogen-bond donors (Lipinski definition) is 0. The lowest BCUT2D eigenvalue weighted by atomic mass is 10.0. The summed E-state index contributed by atoms with van der Waals surface area (Å²) in [6.07, 6.45) is 3.45. The van der Waals surface area contributed by atoms with E-state index in [0.717, 1.165) is 11.1 Å². The molecule has 0 spiro atoms. The highest BCUT2D eigenvalue weighted by molar-refractivity contribution is 6.28. The number of rotatable bonds is 4. The Morgan fingerprint density at radius 1 is 1.15 bits per heavy atom. The van der Waals surface area contributed by atoms with Crippen molar-refractivity contribution in [1.29, 1.82) is 0 Å². The van der Waals surface area contributed by atoms with E-state index in [2.05, 4.69) is 20.1 Å². The summed E-state index contributed by atoms with van der Waals surface area (Å²) in [5, 5.41) is 4.61. The van der Waals surface area contributed by atoms with Crippen molar-refractivity contribution in [1.82, 2.24) is 24.7 Å². The lowest BCUT2D eigenvalue weighted by molar-refractivity contribution is 0.339. The SMILES string of the molecule is CCOc1cnc2c(-c3cn(C)nc3-c3ccc(F)cc3)nc(Cl)nc2c1. The number of benzene rings is 1. The number of halogens is 2. The molecule has 0 unspecified atom stereocenters. The Morgan fingerprint density at radius 2 is 1.93 bits per heavy atom. The van der Waals surface area contributed by atoms with Crippen molar-refractivity contribution in [3.8, 4) is 28.3 Å². The predicted octanol–water partition coefficient (Wildman–Crippen LogP) is 4.28. The molecule has 0 saturated heterocycles. The highest BCUT2D eigenvalue weighted by atomic mass is 35.5. The van der Waals surface area contributed by atoms with Crippen LogP contribution in [-0.4, -0.2) is 31.3 Å². The minimum atomic E-state index is -0.308. The van der Waals surface area contributed by atoms with Crippen LogP contribution in [0.15, 0.2) is 42.7 Å². The molecule has 4 aromatic rings. The topological polar surface area (TPSA) is 65.7 Å². The Kier molecular flexibility index (Phi) is 4.45. The van der Waals surface area contributed by atoms with Crippen molar-refractivity contribution in [2.75, 3.05) is 6.61 Å². The number of nitrogens with zero attached hydrogens (tertiary/aromatic N) is 5. The molecule has 3 heterocycles. The summed E-state index contributed by atoms with van der Waals surface area (Å²) in [6.45, 7) is 2.42. The third-order valence-electron chi connectivity index (χ3n) is 4.00. The van der Waals surface area contributed by atoms with Crippen molar-refractivity contribution >= 4 is 22.6 Å². The van der Waals surface area contributed by atoms with Crippen LogP contribution in [0.4, 0.5) is 4.39 Å². The van der Waals surface area contributed by atoms with Gasteiger partial charge in [0.2, 0.25) is 5.28 Å². The number of fused-ring (bicyclic) bond motifs is 1. The van der Waals surface area contributed by atoms with Gasteiger partial charge in [0.05, 0.1) is 18.3 Å². The zero-order chi connectivity index (χ0) is 19.0. The molecule has 0 bridgehead atoms. The van der Waals surface area contributed by atoms with Gasteiger partial charge in [-0.3, -0.25) is 4.68 Å². The number of ether oxygens (including phenoxy) is 1. The molecule has 0 aliphatic heterocycles. The second-order valence-corrected chi connectivity index (χ2v) is 6.22. The van der Waals surface area contributed by atoms with Crippen LogP contribution < -0.4 is 4.74 Å². The van der Waals surface area contributed by atoms with E-state index in [9.17, 15) is 4.39 Å². The minimum absolute atomic E-state index is 0.0989.